The van der Waals surface area contributed by atoms with E-state index in [1.165, 1.54) is 5.56 Å². The topological polar surface area (TPSA) is 50.7 Å². The highest BCUT2D eigenvalue weighted by atomic mass is 14.9. The molecule has 0 aromatic carbocycles. The van der Waals surface area contributed by atoms with Gasteiger partial charge in [0.2, 0.25) is 0 Å². The van der Waals surface area contributed by atoms with Gasteiger partial charge in [-0.05, 0) is 57.5 Å². The summed E-state index contributed by atoms with van der Waals surface area (Å²) in [4.78, 5) is 13.4. The molecule has 0 fully saturated rings. The van der Waals surface area contributed by atoms with Crippen LogP contribution in [0.2, 0.25) is 0 Å². The molecule has 2 aromatic heterocycles. The molecule has 106 valence electrons. The second-order valence-corrected chi connectivity index (χ2v) is 5.31. The van der Waals surface area contributed by atoms with E-state index in [9.17, 15) is 0 Å². The van der Waals surface area contributed by atoms with E-state index in [4.69, 9.17) is 0 Å². The first-order valence-electron chi connectivity index (χ1n) is 7.01. The van der Waals surface area contributed by atoms with Crippen molar-refractivity contribution < 1.29 is 0 Å². The maximum Gasteiger partial charge on any atom is 0.161 e. The fraction of sp³-hybridized carbons (Fsp3) is 0.438. The van der Waals surface area contributed by atoms with Crippen molar-refractivity contribution in [2.45, 2.75) is 27.2 Å². The minimum Gasteiger partial charge on any atom is -0.319 e. The van der Waals surface area contributed by atoms with Crippen LogP contribution >= 0.6 is 0 Å². The van der Waals surface area contributed by atoms with E-state index in [-0.39, 0.29) is 0 Å². The zero-order valence-electron chi connectivity index (χ0n) is 12.6. The molecule has 0 amide bonds. The van der Waals surface area contributed by atoms with Crippen molar-refractivity contribution in [1.29, 1.82) is 0 Å². The standard InChI is InChI=1S/C16H22N4/c1-11(9-17-4)8-15-12(2)19-16(20-13(15)3)14-6-5-7-18-10-14/h5-7,10-11,17H,8-9H2,1-4H3. The molecule has 4 heteroatoms. The maximum atomic E-state index is 4.65. The Hall–Kier alpha value is -1.81. The van der Waals surface area contributed by atoms with Crippen LogP contribution in [0, 0.1) is 19.8 Å². The van der Waals surface area contributed by atoms with Gasteiger partial charge in [0, 0.05) is 29.3 Å². The lowest BCUT2D eigenvalue weighted by atomic mass is 9.98. The van der Waals surface area contributed by atoms with E-state index in [1.807, 2.05) is 19.2 Å². The smallest absolute Gasteiger partial charge is 0.161 e. The van der Waals surface area contributed by atoms with E-state index in [2.05, 4.69) is 41.0 Å². The van der Waals surface area contributed by atoms with Crippen molar-refractivity contribution in [2.24, 2.45) is 5.92 Å². The molecule has 4 nitrogen and oxygen atoms in total. The molecule has 0 aliphatic rings. The molecule has 0 saturated carbocycles. The van der Waals surface area contributed by atoms with Crippen LogP contribution in [0.3, 0.4) is 0 Å². The summed E-state index contributed by atoms with van der Waals surface area (Å²) in [6.07, 6.45) is 4.57. The zero-order chi connectivity index (χ0) is 14.5. The van der Waals surface area contributed by atoms with Crippen molar-refractivity contribution in [3.05, 3.63) is 41.5 Å². The molecule has 2 aromatic rings. The quantitative estimate of drug-likeness (QED) is 0.907. The first-order valence-corrected chi connectivity index (χ1v) is 7.01. The molecule has 1 unspecified atom stereocenters. The molecule has 0 saturated heterocycles. The first kappa shape index (κ1) is 14.6. The summed E-state index contributed by atoms with van der Waals surface area (Å²) in [7, 11) is 1.98. The zero-order valence-corrected chi connectivity index (χ0v) is 12.6. The van der Waals surface area contributed by atoms with Gasteiger partial charge in [0.05, 0.1) is 0 Å². The van der Waals surface area contributed by atoms with Crippen LogP contribution in [0.15, 0.2) is 24.5 Å². The second kappa shape index (κ2) is 6.57. The molecule has 1 atom stereocenters. The number of aromatic nitrogens is 3. The van der Waals surface area contributed by atoms with E-state index in [1.54, 1.807) is 12.4 Å². The average molecular weight is 270 g/mol. The minimum atomic E-state index is 0.574. The predicted molar refractivity (Wildman–Crippen MR) is 81.5 cm³/mol. The van der Waals surface area contributed by atoms with E-state index >= 15 is 0 Å². The van der Waals surface area contributed by atoms with Crippen LogP contribution in [-0.2, 0) is 6.42 Å². The first-order chi connectivity index (χ1) is 9.61. The fourth-order valence-electron chi connectivity index (χ4n) is 2.43. The highest BCUT2D eigenvalue weighted by Crippen LogP contribution is 2.20. The van der Waals surface area contributed by atoms with Crippen LogP contribution in [0.5, 0.6) is 0 Å². The number of hydrogen-bond acceptors (Lipinski definition) is 4. The summed E-state index contributed by atoms with van der Waals surface area (Å²) in [6.45, 7) is 7.37. The Balaban J connectivity index is 2.30. The van der Waals surface area contributed by atoms with Gasteiger partial charge in [0.1, 0.15) is 0 Å². The van der Waals surface area contributed by atoms with E-state index < -0.39 is 0 Å². The number of aryl methyl sites for hydroxylation is 2. The van der Waals surface area contributed by atoms with Gasteiger partial charge < -0.3 is 5.32 Å². The SMILES string of the molecule is CNCC(C)Cc1c(C)nc(-c2cccnc2)nc1C. The Morgan fingerprint density at radius 3 is 2.45 bits per heavy atom. The molecule has 0 aliphatic heterocycles. The molecule has 20 heavy (non-hydrogen) atoms. The number of rotatable bonds is 5. The normalized spacial score (nSPS) is 12.4. The van der Waals surface area contributed by atoms with Gasteiger partial charge in [-0.1, -0.05) is 6.92 Å². The van der Waals surface area contributed by atoms with Crippen molar-refractivity contribution >= 4 is 0 Å². The third kappa shape index (κ3) is 3.39. The van der Waals surface area contributed by atoms with Gasteiger partial charge in [-0.3, -0.25) is 4.98 Å². The van der Waals surface area contributed by atoms with Crippen molar-refractivity contribution in [1.82, 2.24) is 20.3 Å². The van der Waals surface area contributed by atoms with Gasteiger partial charge in [-0.2, -0.15) is 0 Å². The Morgan fingerprint density at radius 2 is 1.90 bits per heavy atom. The number of nitrogens with zero attached hydrogens (tertiary/aromatic N) is 3. The van der Waals surface area contributed by atoms with Crippen LogP contribution in [0.25, 0.3) is 11.4 Å². The highest BCUT2D eigenvalue weighted by Gasteiger charge is 2.12. The fourth-order valence-corrected chi connectivity index (χ4v) is 2.43. The molecule has 0 aliphatic carbocycles. The average Bonchev–Trinajstić information content (AvgIpc) is 2.44. The lowest BCUT2D eigenvalue weighted by Crippen LogP contribution is -2.19. The van der Waals surface area contributed by atoms with Crippen molar-refractivity contribution in [3.63, 3.8) is 0 Å². The van der Waals surface area contributed by atoms with Crippen LogP contribution in [-0.4, -0.2) is 28.5 Å². The Bertz CT molecular complexity index is 543. The van der Waals surface area contributed by atoms with Crippen molar-refractivity contribution in [2.75, 3.05) is 13.6 Å². The van der Waals surface area contributed by atoms with E-state index in [0.717, 1.165) is 35.7 Å². The molecule has 2 heterocycles. The molecular weight excluding hydrogens is 248 g/mol. The summed E-state index contributed by atoms with van der Waals surface area (Å²) < 4.78 is 0. The Morgan fingerprint density at radius 1 is 1.20 bits per heavy atom. The van der Waals surface area contributed by atoms with Gasteiger partial charge in [-0.25, -0.2) is 9.97 Å². The Kier molecular flexibility index (Phi) is 4.79. The third-order valence-electron chi connectivity index (χ3n) is 3.45. The number of nitrogens with one attached hydrogen (secondary N) is 1. The monoisotopic (exact) mass is 270 g/mol. The highest BCUT2D eigenvalue weighted by molar-refractivity contribution is 5.54. The third-order valence-corrected chi connectivity index (χ3v) is 3.45. The lowest BCUT2D eigenvalue weighted by molar-refractivity contribution is 0.537. The van der Waals surface area contributed by atoms with Crippen molar-refractivity contribution in [3.8, 4) is 11.4 Å². The summed E-state index contributed by atoms with van der Waals surface area (Å²) in [5.74, 6) is 1.34. The summed E-state index contributed by atoms with van der Waals surface area (Å²) in [5, 5.41) is 3.21. The molecule has 0 spiro atoms. The predicted octanol–water partition coefficient (Wildman–Crippen LogP) is 2.55. The van der Waals surface area contributed by atoms with Gasteiger partial charge in [0.25, 0.3) is 0 Å². The van der Waals surface area contributed by atoms with E-state index in [0.29, 0.717) is 5.92 Å². The van der Waals surface area contributed by atoms with Gasteiger partial charge >= 0.3 is 0 Å². The minimum absolute atomic E-state index is 0.574. The molecule has 0 bridgehead atoms. The molecular formula is C16H22N4. The number of hydrogen-bond donors (Lipinski definition) is 1. The van der Waals surface area contributed by atoms with Crippen LogP contribution in [0.1, 0.15) is 23.9 Å². The van der Waals surface area contributed by atoms with Crippen LogP contribution < -0.4 is 5.32 Å². The number of pyridine rings is 1. The summed E-state index contributed by atoms with van der Waals surface area (Å²) in [6, 6.07) is 3.90. The summed E-state index contributed by atoms with van der Waals surface area (Å²) >= 11 is 0. The van der Waals surface area contributed by atoms with Crippen LogP contribution in [0.4, 0.5) is 0 Å². The lowest BCUT2D eigenvalue weighted by Gasteiger charge is -2.15. The largest absolute Gasteiger partial charge is 0.319 e. The molecule has 2 rings (SSSR count). The molecule has 0 radical (unpaired) electrons. The summed E-state index contributed by atoms with van der Waals surface area (Å²) in [5.41, 5.74) is 4.37. The second-order valence-electron chi connectivity index (χ2n) is 5.31. The Labute approximate surface area is 120 Å². The van der Waals surface area contributed by atoms with Gasteiger partial charge in [0.15, 0.2) is 5.82 Å². The maximum absolute atomic E-state index is 4.65. The van der Waals surface area contributed by atoms with Gasteiger partial charge in [-0.15, -0.1) is 0 Å². The molecule has 1 N–H and O–H groups in total.